The van der Waals surface area contributed by atoms with Gasteiger partial charge in [0.05, 0.1) is 6.10 Å². The maximum atomic E-state index is 10.3. The molecule has 2 N–H and O–H groups in total. The highest BCUT2D eigenvalue weighted by atomic mass is 16.3. The molecule has 30 heavy (non-hydrogen) atoms. The molecule has 8 atom stereocenters. The van der Waals surface area contributed by atoms with Crippen molar-refractivity contribution in [3.8, 4) is 0 Å². The molecule has 1 saturated heterocycles. The summed E-state index contributed by atoms with van der Waals surface area (Å²) in [5.74, 6) is 3.87. The molecule has 0 aromatic heterocycles. The van der Waals surface area contributed by atoms with Crippen LogP contribution in [0.2, 0.25) is 0 Å². The normalized spacial score (nSPS) is 47.1. The van der Waals surface area contributed by atoms with Crippen LogP contribution >= 0.6 is 0 Å². The Kier molecular flexibility index (Phi) is 6.26. The molecule has 0 radical (unpaired) electrons. The van der Waals surface area contributed by atoms with E-state index in [9.17, 15) is 5.11 Å². The summed E-state index contributed by atoms with van der Waals surface area (Å²) in [6, 6.07) is 0. The van der Waals surface area contributed by atoms with Crippen LogP contribution in [0.4, 0.5) is 0 Å². The smallest absolute Gasteiger partial charge is 0.0543 e. The Balaban J connectivity index is 1.59. The van der Waals surface area contributed by atoms with Gasteiger partial charge in [-0.3, -0.25) is 0 Å². The summed E-state index contributed by atoms with van der Waals surface area (Å²) >= 11 is 0. The van der Waals surface area contributed by atoms with E-state index >= 15 is 0 Å². The molecule has 2 heteroatoms. The summed E-state index contributed by atoms with van der Waals surface area (Å²) in [6.45, 7) is 16.2. The first-order valence-corrected chi connectivity index (χ1v) is 13.3. The highest BCUT2D eigenvalue weighted by molar-refractivity contribution is 5.35. The summed E-state index contributed by atoms with van der Waals surface area (Å²) in [4.78, 5) is 0. The highest BCUT2D eigenvalue weighted by Gasteiger charge is 2.62. The molecule has 0 amide bonds. The standard InChI is InChI=1S/C28H49NO/c1-19(2)8-7-9-20(3)23-14-17-29-28(6)25-11-10-21-18-22(30)12-15-26(21,4)24(25)13-16-27(23,28)5/h11,19-24,29-30H,7-10,12-18H2,1-6H3/t20-,21+,22+,23-,24+,26+,27-,28+/m1/s1. The Bertz CT molecular complexity index is 655. The van der Waals surface area contributed by atoms with E-state index in [1.165, 1.54) is 57.9 Å². The van der Waals surface area contributed by atoms with E-state index < -0.39 is 0 Å². The van der Waals surface area contributed by atoms with Crippen LogP contribution in [-0.4, -0.2) is 23.3 Å². The van der Waals surface area contributed by atoms with Crippen molar-refractivity contribution in [3.63, 3.8) is 0 Å². The van der Waals surface area contributed by atoms with Crippen molar-refractivity contribution in [1.82, 2.24) is 5.32 Å². The summed E-state index contributed by atoms with van der Waals surface area (Å²) in [6.07, 6.45) is 15.2. The third-order valence-electron chi connectivity index (χ3n) is 10.9. The van der Waals surface area contributed by atoms with Gasteiger partial charge in [-0.05, 0) is 98.8 Å². The monoisotopic (exact) mass is 415 g/mol. The Morgan fingerprint density at radius 2 is 1.83 bits per heavy atom. The number of hydrogen-bond acceptors (Lipinski definition) is 2. The predicted molar refractivity (Wildman–Crippen MR) is 127 cm³/mol. The molecular weight excluding hydrogens is 366 g/mol. The molecule has 0 spiro atoms. The van der Waals surface area contributed by atoms with Crippen LogP contribution in [0.1, 0.15) is 106 Å². The molecule has 4 aliphatic rings. The van der Waals surface area contributed by atoms with Gasteiger partial charge in [-0.2, -0.15) is 0 Å². The fourth-order valence-corrected chi connectivity index (χ4v) is 8.67. The second kappa shape index (κ2) is 8.22. The zero-order valence-electron chi connectivity index (χ0n) is 20.8. The highest BCUT2D eigenvalue weighted by Crippen LogP contribution is 2.65. The van der Waals surface area contributed by atoms with Crippen molar-refractivity contribution >= 4 is 0 Å². The number of hydrogen-bond donors (Lipinski definition) is 2. The Morgan fingerprint density at radius 1 is 1.07 bits per heavy atom. The van der Waals surface area contributed by atoms with E-state index in [0.29, 0.717) is 22.7 Å². The van der Waals surface area contributed by atoms with Crippen molar-refractivity contribution in [1.29, 1.82) is 0 Å². The van der Waals surface area contributed by atoms with Gasteiger partial charge < -0.3 is 10.4 Å². The van der Waals surface area contributed by atoms with Crippen molar-refractivity contribution in [3.05, 3.63) is 11.6 Å². The van der Waals surface area contributed by atoms with E-state index in [4.69, 9.17) is 0 Å². The van der Waals surface area contributed by atoms with E-state index in [2.05, 4.69) is 52.9 Å². The SMILES string of the molecule is CC(C)CCC[C@@H](C)[C@H]1CCN[C@@]2(C)C3=CC[C@H]4C[C@@H](O)CC[C@]4(C)[C@H]3CC[C@]12C. The van der Waals surface area contributed by atoms with Crippen LogP contribution in [0.3, 0.4) is 0 Å². The maximum Gasteiger partial charge on any atom is 0.0543 e. The quantitative estimate of drug-likeness (QED) is 0.488. The maximum absolute atomic E-state index is 10.3. The fourth-order valence-electron chi connectivity index (χ4n) is 8.67. The molecule has 0 unspecified atom stereocenters. The molecule has 0 bridgehead atoms. The number of rotatable bonds is 5. The van der Waals surface area contributed by atoms with Crippen LogP contribution < -0.4 is 5.32 Å². The van der Waals surface area contributed by atoms with Crippen molar-refractivity contribution in [2.24, 2.45) is 40.4 Å². The second-order valence-electron chi connectivity index (χ2n) is 12.8. The Hall–Kier alpha value is -0.340. The molecule has 0 aromatic rings. The van der Waals surface area contributed by atoms with Crippen LogP contribution in [0, 0.1) is 40.4 Å². The first-order valence-electron chi connectivity index (χ1n) is 13.3. The van der Waals surface area contributed by atoms with E-state index in [1.807, 2.05) is 0 Å². The second-order valence-corrected chi connectivity index (χ2v) is 12.8. The third kappa shape index (κ3) is 3.53. The number of nitrogens with one attached hydrogen (secondary N) is 1. The summed E-state index contributed by atoms with van der Waals surface area (Å²) in [5.41, 5.74) is 2.66. The number of piperidine rings is 1. The van der Waals surface area contributed by atoms with Gasteiger partial charge in [0.1, 0.15) is 0 Å². The molecule has 3 fully saturated rings. The van der Waals surface area contributed by atoms with E-state index in [0.717, 1.165) is 30.6 Å². The number of allylic oxidation sites excluding steroid dienone is 1. The van der Waals surface area contributed by atoms with Gasteiger partial charge in [-0.25, -0.2) is 0 Å². The van der Waals surface area contributed by atoms with Gasteiger partial charge in [-0.15, -0.1) is 0 Å². The predicted octanol–water partition coefficient (Wildman–Crippen LogP) is 6.73. The number of fused-ring (bicyclic) bond motifs is 5. The molecule has 4 rings (SSSR count). The van der Waals surface area contributed by atoms with E-state index in [-0.39, 0.29) is 11.6 Å². The van der Waals surface area contributed by atoms with Gasteiger partial charge in [0.25, 0.3) is 0 Å². The largest absolute Gasteiger partial charge is 0.393 e. The van der Waals surface area contributed by atoms with Crippen LogP contribution in [0.15, 0.2) is 11.6 Å². The van der Waals surface area contributed by atoms with Crippen molar-refractivity contribution < 1.29 is 5.11 Å². The van der Waals surface area contributed by atoms with Gasteiger partial charge in [0, 0.05) is 5.54 Å². The lowest BCUT2D eigenvalue weighted by molar-refractivity contribution is -0.0814. The van der Waals surface area contributed by atoms with Crippen LogP contribution in [-0.2, 0) is 0 Å². The minimum atomic E-state index is -0.0636. The zero-order chi connectivity index (χ0) is 21.7. The van der Waals surface area contributed by atoms with Gasteiger partial charge in [0.15, 0.2) is 0 Å². The minimum Gasteiger partial charge on any atom is -0.393 e. The zero-order valence-corrected chi connectivity index (χ0v) is 20.8. The molecule has 3 aliphatic carbocycles. The first kappa shape index (κ1) is 22.8. The molecule has 2 saturated carbocycles. The van der Waals surface area contributed by atoms with Gasteiger partial charge in [-0.1, -0.05) is 65.5 Å². The van der Waals surface area contributed by atoms with Gasteiger partial charge in [0.2, 0.25) is 0 Å². The lowest BCUT2D eigenvalue weighted by atomic mass is 9.43. The fraction of sp³-hybridized carbons (Fsp3) is 0.929. The lowest BCUT2D eigenvalue weighted by Crippen LogP contribution is -2.68. The molecule has 2 nitrogen and oxygen atoms in total. The molecule has 1 aliphatic heterocycles. The molecule has 172 valence electrons. The average Bonchev–Trinajstić information content (AvgIpc) is 2.68. The Morgan fingerprint density at radius 3 is 2.57 bits per heavy atom. The lowest BCUT2D eigenvalue weighted by Gasteiger charge is -2.66. The Labute approximate surface area is 186 Å². The average molecular weight is 416 g/mol. The van der Waals surface area contributed by atoms with Gasteiger partial charge >= 0.3 is 0 Å². The van der Waals surface area contributed by atoms with Crippen molar-refractivity contribution in [2.45, 2.75) is 117 Å². The van der Waals surface area contributed by atoms with Crippen LogP contribution in [0.25, 0.3) is 0 Å². The minimum absolute atomic E-state index is 0.0636. The summed E-state index contributed by atoms with van der Waals surface area (Å²) < 4.78 is 0. The molecular formula is C28H49NO. The molecule has 1 heterocycles. The topological polar surface area (TPSA) is 32.3 Å². The third-order valence-corrected chi connectivity index (χ3v) is 10.9. The molecule has 0 aromatic carbocycles. The van der Waals surface area contributed by atoms with Crippen LogP contribution in [0.5, 0.6) is 0 Å². The summed E-state index contributed by atoms with van der Waals surface area (Å²) in [5, 5.41) is 14.4. The number of aliphatic hydroxyl groups is 1. The van der Waals surface area contributed by atoms with E-state index in [1.54, 1.807) is 5.57 Å². The summed E-state index contributed by atoms with van der Waals surface area (Å²) in [7, 11) is 0. The first-order chi connectivity index (χ1) is 14.1. The number of aliphatic hydroxyl groups excluding tert-OH is 1. The van der Waals surface area contributed by atoms with Crippen molar-refractivity contribution in [2.75, 3.05) is 6.54 Å².